The molecule has 2 amide bonds. The molecule has 2 fully saturated rings. The zero-order chi connectivity index (χ0) is 23.3. The van der Waals surface area contributed by atoms with Crippen LogP contribution in [0.15, 0.2) is 36.4 Å². The van der Waals surface area contributed by atoms with Crippen molar-refractivity contribution in [1.29, 1.82) is 0 Å². The molecule has 5 rings (SSSR count). The molecule has 2 aromatic carbocycles. The number of likely N-dealkylation sites (tertiary alicyclic amines) is 1. The first-order chi connectivity index (χ1) is 15.7. The summed E-state index contributed by atoms with van der Waals surface area (Å²) in [4.78, 5) is 42.1. The Balaban J connectivity index is 1.25. The predicted octanol–water partition coefficient (Wildman–Crippen LogP) is 4.68. The lowest BCUT2D eigenvalue weighted by Crippen LogP contribution is -2.53. The predicted molar refractivity (Wildman–Crippen MR) is 126 cm³/mol. The van der Waals surface area contributed by atoms with Crippen molar-refractivity contribution in [3.05, 3.63) is 57.6 Å². The maximum absolute atomic E-state index is 13.2. The second kappa shape index (κ2) is 8.33. The van der Waals surface area contributed by atoms with Crippen LogP contribution in [0.3, 0.4) is 0 Å². The molecule has 33 heavy (non-hydrogen) atoms. The Morgan fingerprint density at radius 2 is 1.76 bits per heavy atom. The number of halogens is 2. The smallest absolute Gasteiger partial charge is 0.228 e. The van der Waals surface area contributed by atoms with Crippen LogP contribution in [0.1, 0.15) is 41.6 Å². The Kier molecular flexibility index (Phi) is 5.61. The quantitative estimate of drug-likeness (QED) is 0.617. The van der Waals surface area contributed by atoms with E-state index in [2.05, 4.69) is 0 Å². The SMILES string of the molecule is Cc1cc(Cl)cc2c1OC1(CCN(C(=O)C3CC(=O)N(c4ccc(Cl)cc4)C3)CC1)CC2=O. The van der Waals surface area contributed by atoms with E-state index in [1.54, 1.807) is 41.3 Å². The standard InChI is InChI=1S/C25H24Cl2N2O4/c1-15-10-18(27)12-20-21(30)13-25(33-23(15)20)6-8-28(9-7-25)24(32)16-11-22(31)29(14-16)19-4-2-17(26)3-5-19/h2-5,10,12,16H,6-9,11,13-14H2,1H3. The Hall–Kier alpha value is -2.57. The Morgan fingerprint density at radius 1 is 1.06 bits per heavy atom. The summed E-state index contributed by atoms with van der Waals surface area (Å²) in [6.07, 6.45) is 1.64. The van der Waals surface area contributed by atoms with Gasteiger partial charge in [-0.1, -0.05) is 23.2 Å². The lowest BCUT2D eigenvalue weighted by molar-refractivity contribution is -0.139. The zero-order valence-electron chi connectivity index (χ0n) is 18.3. The molecular formula is C25H24Cl2N2O4. The lowest BCUT2D eigenvalue weighted by Gasteiger charge is -2.44. The summed E-state index contributed by atoms with van der Waals surface area (Å²) in [5.74, 6) is 0.189. The van der Waals surface area contributed by atoms with Crippen molar-refractivity contribution in [1.82, 2.24) is 4.90 Å². The molecule has 2 aromatic rings. The maximum Gasteiger partial charge on any atom is 0.228 e. The summed E-state index contributed by atoms with van der Waals surface area (Å²) < 4.78 is 6.38. The fourth-order valence-electron chi connectivity index (χ4n) is 5.13. The van der Waals surface area contributed by atoms with E-state index in [0.29, 0.717) is 53.8 Å². The highest BCUT2D eigenvalue weighted by Crippen LogP contribution is 2.42. The first-order valence-corrected chi connectivity index (χ1v) is 11.9. The van der Waals surface area contributed by atoms with Gasteiger partial charge in [0.05, 0.1) is 17.9 Å². The molecule has 0 radical (unpaired) electrons. The van der Waals surface area contributed by atoms with Crippen LogP contribution in [-0.2, 0) is 9.59 Å². The van der Waals surface area contributed by atoms with Crippen molar-refractivity contribution in [3.63, 3.8) is 0 Å². The third-order valence-electron chi connectivity index (χ3n) is 6.94. The van der Waals surface area contributed by atoms with E-state index in [9.17, 15) is 14.4 Å². The van der Waals surface area contributed by atoms with Crippen LogP contribution >= 0.6 is 23.2 Å². The molecule has 172 valence electrons. The van der Waals surface area contributed by atoms with Crippen molar-refractivity contribution in [2.75, 3.05) is 24.5 Å². The monoisotopic (exact) mass is 486 g/mol. The van der Waals surface area contributed by atoms with Crippen LogP contribution in [0, 0.1) is 12.8 Å². The van der Waals surface area contributed by atoms with Crippen LogP contribution < -0.4 is 9.64 Å². The Bertz CT molecular complexity index is 1140. The number of ketones is 1. The molecule has 3 aliphatic heterocycles. The summed E-state index contributed by atoms with van der Waals surface area (Å²) in [6.45, 7) is 3.25. The lowest BCUT2D eigenvalue weighted by atomic mass is 9.81. The average Bonchev–Trinajstić information content (AvgIpc) is 3.17. The van der Waals surface area contributed by atoms with Gasteiger partial charge < -0.3 is 14.5 Å². The highest BCUT2D eigenvalue weighted by atomic mass is 35.5. The number of rotatable bonds is 2. The number of carbonyl (C=O) groups is 3. The van der Waals surface area contributed by atoms with Gasteiger partial charge in [0.1, 0.15) is 11.4 Å². The number of aryl methyl sites for hydroxylation is 1. The fourth-order valence-corrected chi connectivity index (χ4v) is 5.53. The Morgan fingerprint density at radius 3 is 2.45 bits per heavy atom. The van der Waals surface area contributed by atoms with Gasteiger partial charge in [-0.15, -0.1) is 0 Å². The van der Waals surface area contributed by atoms with Crippen molar-refractivity contribution < 1.29 is 19.1 Å². The van der Waals surface area contributed by atoms with Gasteiger partial charge in [0.15, 0.2) is 5.78 Å². The van der Waals surface area contributed by atoms with Crippen molar-refractivity contribution in [2.24, 2.45) is 5.92 Å². The van der Waals surface area contributed by atoms with Gasteiger partial charge in [-0.05, 0) is 48.9 Å². The van der Waals surface area contributed by atoms with Crippen molar-refractivity contribution in [3.8, 4) is 5.75 Å². The number of ether oxygens (including phenoxy) is 1. The highest BCUT2D eigenvalue weighted by Gasteiger charge is 2.46. The number of benzene rings is 2. The molecule has 1 unspecified atom stereocenters. The van der Waals surface area contributed by atoms with Gasteiger partial charge in [0, 0.05) is 54.6 Å². The fraction of sp³-hybridized carbons (Fsp3) is 0.400. The molecule has 0 aromatic heterocycles. The van der Waals surface area contributed by atoms with Crippen LogP contribution in [0.5, 0.6) is 5.75 Å². The number of amides is 2. The summed E-state index contributed by atoms with van der Waals surface area (Å²) in [7, 11) is 0. The van der Waals surface area contributed by atoms with Gasteiger partial charge in [-0.2, -0.15) is 0 Å². The minimum atomic E-state index is -0.597. The minimum Gasteiger partial charge on any atom is -0.486 e. The van der Waals surface area contributed by atoms with E-state index in [4.69, 9.17) is 27.9 Å². The normalized spacial score (nSPS) is 21.8. The van der Waals surface area contributed by atoms with Gasteiger partial charge in [0.25, 0.3) is 0 Å². The summed E-state index contributed by atoms with van der Waals surface area (Å²) >= 11 is 12.1. The molecule has 0 N–H and O–H groups in total. The first kappa shape index (κ1) is 22.2. The second-order valence-corrected chi connectivity index (χ2v) is 10.1. The molecule has 3 aliphatic rings. The molecule has 1 spiro atoms. The molecule has 1 atom stereocenters. The topological polar surface area (TPSA) is 66.9 Å². The number of fused-ring (bicyclic) bond motifs is 1. The van der Waals surface area contributed by atoms with Crippen molar-refractivity contribution >= 4 is 46.5 Å². The molecule has 3 heterocycles. The van der Waals surface area contributed by atoms with Crippen molar-refractivity contribution in [2.45, 2.75) is 38.2 Å². The third kappa shape index (κ3) is 4.11. The van der Waals surface area contributed by atoms with E-state index in [0.717, 1.165) is 11.3 Å². The van der Waals surface area contributed by atoms with E-state index in [1.807, 2.05) is 11.8 Å². The van der Waals surface area contributed by atoms with Gasteiger partial charge >= 0.3 is 0 Å². The van der Waals surface area contributed by atoms with E-state index in [1.165, 1.54) is 0 Å². The summed E-state index contributed by atoms with van der Waals surface area (Å²) in [6, 6.07) is 10.5. The molecule has 0 saturated carbocycles. The second-order valence-electron chi connectivity index (χ2n) is 9.19. The van der Waals surface area contributed by atoms with E-state index >= 15 is 0 Å². The average molecular weight is 487 g/mol. The van der Waals surface area contributed by atoms with Crippen LogP contribution in [0.2, 0.25) is 10.0 Å². The first-order valence-electron chi connectivity index (χ1n) is 11.1. The molecule has 2 saturated heterocycles. The maximum atomic E-state index is 13.2. The van der Waals surface area contributed by atoms with Crippen LogP contribution in [0.25, 0.3) is 0 Å². The van der Waals surface area contributed by atoms with E-state index in [-0.39, 0.29) is 36.4 Å². The van der Waals surface area contributed by atoms with Gasteiger partial charge in [-0.3, -0.25) is 14.4 Å². The Labute approximate surface area is 202 Å². The number of piperidine rings is 1. The molecule has 8 heteroatoms. The summed E-state index contributed by atoms with van der Waals surface area (Å²) in [5, 5.41) is 1.13. The number of hydrogen-bond acceptors (Lipinski definition) is 4. The number of hydrogen-bond donors (Lipinski definition) is 0. The van der Waals surface area contributed by atoms with E-state index < -0.39 is 5.60 Å². The molecule has 0 aliphatic carbocycles. The number of anilines is 1. The zero-order valence-corrected chi connectivity index (χ0v) is 19.8. The number of Topliss-reactive ketones (excluding diaryl/α,β-unsaturated/α-hetero) is 1. The largest absolute Gasteiger partial charge is 0.486 e. The highest BCUT2D eigenvalue weighted by molar-refractivity contribution is 6.31. The molecule has 6 nitrogen and oxygen atoms in total. The molecule has 0 bridgehead atoms. The third-order valence-corrected chi connectivity index (χ3v) is 7.41. The van der Waals surface area contributed by atoms with Gasteiger partial charge in [-0.25, -0.2) is 0 Å². The van der Waals surface area contributed by atoms with Crippen LogP contribution in [-0.4, -0.2) is 47.7 Å². The number of carbonyl (C=O) groups excluding carboxylic acids is 3. The molecular weight excluding hydrogens is 463 g/mol. The van der Waals surface area contributed by atoms with Crippen LogP contribution in [0.4, 0.5) is 5.69 Å². The number of nitrogens with zero attached hydrogens (tertiary/aromatic N) is 2. The summed E-state index contributed by atoms with van der Waals surface area (Å²) in [5.41, 5.74) is 1.53. The minimum absolute atomic E-state index is 0.0137. The van der Waals surface area contributed by atoms with Gasteiger partial charge in [0.2, 0.25) is 11.8 Å².